The molecule has 0 unspecified atom stereocenters. The molecule has 5 nitrogen and oxygen atoms in total. The molecule has 0 aliphatic rings. The second-order valence-corrected chi connectivity index (χ2v) is 3.70. The highest BCUT2D eigenvalue weighted by Crippen LogP contribution is 2.10. The van der Waals surface area contributed by atoms with Gasteiger partial charge in [0.15, 0.2) is 0 Å². The summed E-state index contributed by atoms with van der Waals surface area (Å²) in [6, 6.07) is 12.0. The molecule has 0 aliphatic heterocycles. The van der Waals surface area contributed by atoms with Crippen LogP contribution in [-0.4, -0.2) is 9.97 Å². The van der Waals surface area contributed by atoms with E-state index in [-0.39, 0.29) is 0 Å². The van der Waals surface area contributed by atoms with Crippen LogP contribution in [0.2, 0.25) is 0 Å². The Hall–Kier alpha value is -2.14. The molecule has 0 amide bonds. The minimum Gasteiger partial charge on any atom is -0.366 e. The van der Waals surface area contributed by atoms with Gasteiger partial charge in [0.2, 0.25) is 5.95 Å². The maximum Gasteiger partial charge on any atom is 0.239 e. The summed E-state index contributed by atoms with van der Waals surface area (Å²) in [5.41, 5.74) is 4.51. The van der Waals surface area contributed by atoms with Crippen molar-refractivity contribution in [2.45, 2.75) is 13.5 Å². The van der Waals surface area contributed by atoms with Crippen LogP contribution < -0.4 is 16.6 Å². The van der Waals surface area contributed by atoms with E-state index in [1.807, 2.05) is 31.2 Å². The quantitative estimate of drug-likeness (QED) is 0.549. The lowest BCUT2D eigenvalue weighted by molar-refractivity contribution is 1.04. The van der Waals surface area contributed by atoms with Gasteiger partial charge in [-0.25, -0.2) is 10.8 Å². The van der Waals surface area contributed by atoms with Crippen LogP contribution in [0.4, 0.5) is 11.8 Å². The third-order valence-corrected chi connectivity index (χ3v) is 2.30. The van der Waals surface area contributed by atoms with Crippen LogP contribution in [-0.2, 0) is 6.54 Å². The molecule has 0 saturated carbocycles. The maximum atomic E-state index is 5.29. The van der Waals surface area contributed by atoms with Gasteiger partial charge >= 0.3 is 0 Å². The van der Waals surface area contributed by atoms with Crippen LogP contribution in [0.3, 0.4) is 0 Å². The summed E-state index contributed by atoms with van der Waals surface area (Å²) in [6.45, 7) is 2.62. The van der Waals surface area contributed by atoms with Crippen molar-refractivity contribution in [1.29, 1.82) is 0 Å². The third-order valence-electron chi connectivity index (χ3n) is 2.30. The van der Waals surface area contributed by atoms with Gasteiger partial charge in [-0.3, -0.25) is 5.43 Å². The van der Waals surface area contributed by atoms with Crippen LogP contribution in [0.1, 0.15) is 11.3 Å². The monoisotopic (exact) mass is 229 g/mol. The summed E-state index contributed by atoms with van der Waals surface area (Å²) in [6.07, 6.45) is 0. The van der Waals surface area contributed by atoms with Crippen molar-refractivity contribution >= 4 is 11.8 Å². The number of anilines is 2. The van der Waals surface area contributed by atoms with E-state index in [9.17, 15) is 0 Å². The highest BCUT2D eigenvalue weighted by Gasteiger charge is 2.00. The van der Waals surface area contributed by atoms with Gasteiger partial charge in [-0.2, -0.15) is 4.98 Å². The molecule has 0 radical (unpaired) electrons. The van der Waals surface area contributed by atoms with Crippen molar-refractivity contribution < 1.29 is 0 Å². The van der Waals surface area contributed by atoms with Gasteiger partial charge in [0.25, 0.3) is 0 Å². The molecule has 88 valence electrons. The predicted molar refractivity (Wildman–Crippen MR) is 68.3 cm³/mol. The predicted octanol–water partition coefficient (Wildman–Crippen LogP) is 1.68. The SMILES string of the molecule is Cc1cc(NCc2ccccc2)nc(NN)n1. The smallest absolute Gasteiger partial charge is 0.239 e. The highest BCUT2D eigenvalue weighted by atomic mass is 15.3. The van der Waals surface area contributed by atoms with Gasteiger partial charge in [-0.1, -0.05) is 30.3 Å². The normalized spacial score (nSPS) is 10.0. The van der Waals surface area contributed by atoms with Crippen molar-refractivity contribution in [1.82, 2.24) is 9.97 Å². The first-order valence-electron chi connectivity index (χ1n) is 5.38. The molecule has 0 atom stereocenters. The van der Waals surface area contributed by atoms with E-state index in [1.165, 1.54) is 5.56 Å². The minimum absolute atomic E-state index is 0.417. The summed E-state index contributed by atoms with van der Waals surface area (Å²) in [4.78, 5) is 8.33. The van der Waals surface area contributed by atoms with E-state index < -0.39 is 0 Å². The number of aryl methyl sites for hydroxylation is 1. The molecule has 2 aromatic rings. The van der Waals surface area contributed by atoms with E-state index in [1.54, 1.807) is 0 Å². The molecule has 5 heteroatoms. The Kier molecular flexibility index (Phi) is 3.52. The molecule has 4 N–H and O–H groups in total. The lowest BCUT2D eigenvalue weighted by atomic mass is 10.2. The molecule has 2 rings (SSSR count). The van der Waals surface area contributed by atoms with Crippen molar-refractivity contribution in [3.05, 3.63) is 47.7 Å². The summed E-state index contributed by atoms with van der Waals surface area (Å²) in [5, 5.41) is 3.23. The largest absolute Gasteiger partial charge is 0.366 e. The lowest BCUT2D eigenvalue weighted by Crippen LogP contribution is -2.12. The summed E-state index contributed by atoms with van der Waals surface area (Å²) >= 11 is 0. The Morgan fingerprint density at radius 2 is 1.94 bits per heavy atom. The fourth-order valence-corrected chi connectivity index (χ4v) is 1.51. The Balaban J connectivity index is 2.06. The Morgan fingerprint density at radius 1 is 1.18 bits per heavy atom. The van der Waals surface area contributed by atoms with Crippen LogP contribution in [0.25, 0.3) is 0 Å². The zero-order valence-corrected chi connectivity index (χ0v) is 9.64. The zero-order chi connectivity index (χ0) is 12.1. The summed E-state index contributed by atoms with van der Waals surface area (Å²) < 4.78 is 0. The molecule has 0 saturated heterocycles. The number of rotatable bonds is 4. The third kappa shape index (κ3) is 3.15. The van der Waals surface area contributed by atoms with Crippen LogP contribution in [0, 0.1) is 6.92 Å². The molecule has 1 heterocycles. The van der Waals surface area contributed by atoms with E-state index in [0.29, 0.717) is 5.95 Å². The molecule has 0 aliphatic carbocycles. The number of hydrogen-bond donors (Lipinski definition) is 3. The van der Waals surface area contributed by atoms with Crippen LogP contribution in [0.5, 0.6) is 0 Å². The highest BCUT2D eigenvalue weighted by molar-refractivity contribution is 5.42. The van der Waals surface area contributed by atoms with Crippen molar-refractivity contribution in [3.63, 3.8) is 0 Å². The number of hydrogen-bond acceptors (Lipinski definition) is 5. The number of nitrogens with one attached hydrogen (secondary N) is 2. The van der Waals surface area contributed by atoms with E-state index in [4.69, 9.17) is 5.84 Å². The molecule has 1 aromatic heterocycles. The molecule has 17 heavy (non-hydrogen) atoms. The summed E-state index contributed by atoms with van der Waals surface area (Å²) in [5.74, 6) is 6.47. The van der Waals surface area contributed by atoms with Crippen molar-refractivity contribution in [3.8, 4) is 0 Å². The second-order valence-electron chi connectivity index (χ2n) is 3.70. The van der Waals surface area contributed by atoms with Gasteiger partial charge in [-0.05, 0) is 12.5 Å². The first kappa shape index (κ1) is 11.3. The topological polar surface area (TPSA) is 75.9 Å². The Bertz CT molecular complexity index is 484. The molecule has 0 spiro atoms. The molecular formula is C12H15N5. The molecule has 1 aromatic carbocycles. The fourth-order valence-electron chi connectivity index (χ4n) is 1.51. The van der Waals surface area contributed by atoms with E-state index >= 15 is 0 Å². The number of nitrogens with two attached hydrogens (primary N) is 1. The fraction of sp³-hybridized carbons (Fsp3) is 0.167. The van der Waals surface area contributed by atoms with Gasteiger partial charge in [-0.15, -0.1) is 0 Å². The molecular weight excluding hydrogens is 214 g/mol. The van der Waals surface area contributed by atoms with E-state index in [0.717, 1.165) is 18.1 Å². The summed E-state index contributed by atoms with van der Waals surface area (Å²) in [7, 11) is 0. The Labute approximate surface area is 100 Å². The van der Waals surface area contributed by atoms with Gasteiger partial charge < -0.3 is 5.32 Å². The van der Waals surface area contributed by atoms with E-state index in [2.05, 4.69) is 32.8 Å². The Morgan fingerprint density at radius 3 is 2.65 bits per heavy atom. The number of nitrogen functional groups attached to an aromatic ring is 1. The average Bonchev–Trinajstić information content (AvgIpc) is 2.37. The number of nitrogens with zero attached hydrogens (tertiary/aromatic N) is 2. The number of hydrazine groups is 1. The standard InChI is InChI=1S/C12H15N5/c1-9-7-11(16-12(15-9)17-13)14-8-10-5-3-2-4-6-10/h2-7H,8,13H2,1H3,(H2,14,15,16,17). The van der Waals surface area contributed by atoms with Gasteiger partial charge in [0, 0.05) is 18.3 Å². The van der Waals surface area contributed by atoms with Crippen LogP contribution in [0.15, 0.2) is 36.4 Å². The van der Waals surface area contributed by atoms with Crippen molar-refractivity contribution in [2.75, 3.05) is 10.7 Å². The van der Waals surface area contributed by atoms with Crippen LogP contribution >= 0.6 is 0 Å². The number of benzene rings is 1. The second kappa shape index (κ2) is 5.27. The van der Waals surface area contributed by atoms with Crippen molar-refractivity contribution in [2.24, 2.45) is 5.84 Å². The van der Waals surface area contributed by atoms with Gasteiger partial charge in [0.05, 0.1) is 0 Å². The van der Waals surface area contributed by atoms with Gasteiger partial charge in [0.1, 0.15) is 5.82 Å². The average molecular weight is 229 g/mol. The minimum atomic E-state index is 0.417. The first-order chi connectivity index (χ1) is 8.28. The zero-order valence-electron chi connectivity index (χ0n) is 9.64. The molecule has 0 fully saturated rings. The maximum absolute atomic E-state index is 5.29. The molecule has 0 bridgehead atoms. The number of aromatic nitrogens is 2. The first-order valence-corrected chi connectivity index (χ1v) is 5.38. The lowest BCUT2D eigenvalue weighted by Gasteiger charge is -2.08.